The van der Waals surface area contributed by atoms with Gasteiger partial charge in [-0.1, -0.05) is 29.8 Å². The molecule has 20 heavy (non-hydrogen) atoms. The van der Waals surface area contributed by atoms with Crippen LogP contribution in [0, 0.1) is 27.7 Å². The van der Waals surface area contributed by atoms with Crippen LogP contribution in [0.15, 0.2) is 18.2 Å². The van der Waals surface area contributed by atoms with Crippen LogP contribution in [-0.2, 0) is 0 Å². The molecule has 0 N–H and O–H groups in total. The summed E-state index contributed by atoms with van der Waals surface area (Å²) >= 11 is 8.03. The maximum atomic E-state index is 6.36. The summed E-state index contributed by atoms with van der Waals surface area (Å²) in [6, 6.07) is 6.50. The van der Waals surface area contributed by atoms with E-state index in [1.54, 1.807) is 11.3 Å². The predicted octanol–water partition coefficient (Wildman–Crippen LogP) is 5.25. The van der Waals surface area contributed by atoms with Gasteiger partial charge in [0.05, 0.1) is 5.39 Å². The largest absolute Gasteiger partial charge is 0.222 e. The third-order valence-corrected chi connectivity index (χ3v) is 4.86. The molecule has 0 aliphatic carbocycles. The predicted molar refractivity (Wildman–Crippen MR) is 86.8 cm³/mol. The van der Waals surface area contributed by atoms with E-state index in [9.17, 15) is 0 Å². The molecule has 0 bridgehead atoms. The fourth-order valence-electron chi connectivity index (χ4n) is 2.41. The smallest absolute Gasteiger partial charge is 0.142 e. The molecule has 0 fully saturated rings. The number of benzene rings is 1. The van der Waals surface area contributed by atoms with Crippen molar-refractivity contribution in [1.82, 2.24) is 9.97 Å². The number of thiophene rings is 1. The first-order valence-corrected chi connectivity index (χ1v) is 7.67. The van der Waals surface area contributed by atoms with Gasteiger partial charge in [0.1, 0.15) is 15.8 Å². The molecular weight excluding hydrogens is 288 g/mol. The molecule has 0 saturated carbocycles. The molecule has 1 aromatic carbocycles. The van der Waals surface area contributed by atoms with Crippen LogP contribution in [0.5, 0.6) is 0 Å². The van der Waals surface area contributed by atoms with E-state index >= 15 is 0 Å². The van der Waals surface area contributed by atoms with E-state index < -0.39 is 0 Å². The Labute approximate surface area is 127 Å². The molecule has 2 heterocycles. The minimum atomic E-state index is 0.546. The number of aryl methyl sites for hydroxylation is 4. The van der Waals surface area contributed by atoms with Crippen LogP contribution in [0.3, 0.4) is 0 Å². The molecule has 3 rings (SSSR count). The van der Waals surface area contributed by atoms with Crippen LogP contribution < -0.4 is 0 Å². The van der Waals surface area contributed by atoms with E-state index in [4.69, 9.17) is 11.6 Å². The summed E-state index contributed by atoms with van der Waals surface area (Å²) < 4.78 is 0. The van der Waals surface area contributed by atoms with Crippen LogP contribution in [0.1, 0.15) is 21.8 Å². The normalized spacial score (nSPS) is 11.2. The summed E-state index contributed by atoms with van der Waals surface area (Å²) in [5.74, 6) is 0.718. The van der Waals surface area contributed by atoms with Crippen molar-refractivity contribution in [2.24, 2.45) is 0 Å². The number of halogens is 1. The Morgan fingerprint density at radius 1 is 1.00 bits per heavy atom. The highest BCUT2D eigenvalue weighted by molar-refractivity contribution is 7.19. The van der Waals surface area contributed by atoms with Crippen molar-refractivity contribution in [3.8, 4) is 11.1 Å². The van der Waals surface area contributed by atoms with Crippen molar-refractivity contribution >= 4 is 33.2 Å². The Morgan fingerprint density at radius 3 is 2.45 bits per heavy atom. The molecule has 2 nitrogen and oxygen atoms in total. The first-order chi connectivity index (χ1) is 9.47. The van der Waals surface area contributed by atoms with E-state index in [0.29, 0.717) is 5.15 Å². The van der Waals surface area contributed by atoms with Gasteiger partial charge in [0.25, 0.3) is 0 Å². The van der Waals surface area contributed by atoms with Gasteiger partial charge in [-0.25, -0.2) is 9.97 Å². The highest BCUT2D eigenvalue weighted by Gasteiger charge is 2.16. The highest BCUT2D eigenvalue weighted by atomic mass is 35.5. The van der Waals surface area contributed by atoms with Gasteiger partial charge >= 0.3 is 0 Å². The Balaban J connectivity index is 2.35. The van der Waals surface area contributed by atoms with Crippen molar-refractivity contribution in [1.29, 1.82) is 0 Å². The third kappa shape index (κ3) is 2.11. The number of hydrogen-bond donors (Lipinski definition) is 0. The van der Waals surface area contributed by atoms with Gasteiger partial charge in [0.2, 0.25) is 0 Å². The van der Waals surface area contributed by atoms with Crippen molar-refractivity contribution < 1.29 is 0 Å². The zero-order valence-corrected chi connectivity index (χ0v) is 13.5. The second-order valence-corrected chi connectivity index (χ2v) is 6.64. The fraction of sp³-hybridized carbons (Fsp3) is 0.250. The van der Waals surface area contributed by atoms with E-state index in [-0.39, 0.29) is 0 Å². The third-order valence-electron chi connectivity index (χ3n) is 3.59. The molecule has 2 aromatic heterocycles. The summed E-state index contributed by atoms with van der Waals surface area (Å²) in [4.78, 5) is 11.0. The number of rotatable bonds is 1. The lowest BCUT2D eigenvalue weighted by Gasteiger charge is -2.07. The summed E-state index contributed by atoms with van der Waals surface area (Å²) in [7, 11) is 0. The van der Waals surface area contributed by atoms with Crippen LogP contribution in [0.25, 0.3) is 21.3 Å². The van der Waals surface area contributed by atoms with Crippen molar-refractivity contribution in [3.63, 3.8) is 0 Å². The number of fused-ring (bicyclic) bond motifs is 1. The molecule has 0 atom stereocenters. The Morgan fingerprint density at radius 2 is 1.75 bits per heavy atom. The minimum absolute atomic E-state index is 0.546. The second kappa shape index (κ2) is 4.83. The van der Waals surface area contributed by atoms with Gasteiger partial charge in [-0.15, -0.1) is 11.3 Å². The van der Waals surface area contributed by atoms with Gasteiger partial charge < -0.3 is 0 Å². The summed E-state index contributed by atoms with van der Waals surface area (Å²) in [6.45, 7) is 8.24. The quantitative estimate of drug-likeness (QED) is 0.574. The molecule has 0 unspecified atom stereocenters. The Bertz CT molecular complexity index is 821. The molecule has 102 valence electrons. The second-order valence-electron chi connectivity index (χ2n) is 5.07. The highest BCUT2D eigenvalue weighted by Crippen LogP contribution is 2.40. The van der Waals surface area contributed by atoms with Gasteiger partial charge in [0, 0.05) is 10.4 Å². The zero-order chi connectivity index (χ0) is 14.4. The molecule has 0 saturated heterocycles. The van der Waals surface area contributed by atoms with Gasteiger partial charge in [0.15, 0.2) is 0 Å². The lowest BCUT2D eigenvalue weighted by atomic mass is 9.99. The van der Waals surface area contributed by atoms with Crippen LogP contribution in [-0.4, -0.2) is 9.97 Å². The number of aromatic nitrogens is 2. The molecular formula is C16H15ClN2S. The molecule has 3 aromatic rings. The van der Waals surface area contributed by atoms with E-state index in [1.807, 2.05) is 6.92 Å². The van der Waals surface area contributed by atoms with Gasteiger partial charge in [-0.2, -0.15) is 0 Å². The van der Waals surface area contributed by atoms with E-state index in [0.717, 1.165) is 21.6 Å². The minimum Gasteiger partial charge on any atom is -0.222 e. The first kappa shape index (κ1) is 13.5. The van der Waals surface area contributed by atoms with Crippen molar-refractivity contribution in [3.05, 3.63) is 45.2 Å². The maximum absolute atomic E-state index is 6.36. The molecule has 0 radical (unpaired) electrons. The van der Waals surface area contributed by atoms with E-state index in [2.05, 4.69) is 48.9 Å². The van der Waals surface area contributed by atoms with Crippen LogP contribution in [0.4, 0.5) is 0 Å². The summed E-state index contributed by atoms with van der Waals surface area (Å²) in [6.07, 6.45) is 0. The van der Waals surface area contributed by atoms with Crippen LogP contribution in [0.2, 0.25) is 5.15 Å². The molecule has 0 aliphatic rings. The Kier molecular flexibility index (Phi) is 3.27. The lowest BCUT2D eigenvalue weighted by molar-refractivity contribution is 1.10. The zero-order valence-electron chi connectivity index (χ0n) is 11.9. The maximum Gasteiger partial charge on any atom is 0.142 e. The van der Waals surface area contributed by atoms with Gasteiger partial charge in [-0.05, 0) is 44.4 Å². The average Bonchev–Trinajstić information content (AvgIpc) is 2.69. The van der Waals surface area contributed by atoms with Gasteiger partial charge in [-0.3, -0.25) is 0 Å². The van der Waals surface area contributed by atoms with Crippen molar-refractivity contribution in [2.75, 3.05) is 0 Å². The first-order valence-electron chi connectivity index (χ1n) is 6.48. The van der Waals surface area contributed by atoms with E-state index in [1.165, 1.54) is 21.6 Å². The number of hydrogen-bond acceptors (Lipinski definition) is 3. The standard InChI is InChI=1S/C16H15ClN2S/c1-8-5-6-12(7-9(8)2)13-10(3)20-16-14(13)15(17)18-11(4)19-16/h5-7H,1-4H3. The SMILES string of the molecule is Cc1nc(Cl)c2c(-c3ccc(C)c(C)c3)c(C)sc2n1. The fourth-order valence-corrected chi connectivity index (χ4v) is 3.87. The Hall–Kier alpha value is -1.45. The van der Waals surface area contributed by atoms with Crippen LogP contribution >= 0.6 is 22.9 Å². The summed E-state index contributed by atoms with van der Waals surface area (Å²) in [5, 5.41) is 1.52. The average molecular weight is 303 g/mol. The summed E-state index contributed by atoms with van der Waals surface area (Å²) in [5.41, 5.74) is 4.93. The monoisotopic (exact) mass is 302 g/mol. The number of nitrogens with zero attached hydrogens (tertiary/aromatic N) is 2. The lowest BCUT2D eigenvalue weighted by Crippen LogP contribution is -1.89. The topological polar surface area (TPSA) is 25.8 Å². The van der Waals surface area contributed by atoms with Crippen molar-refractivity contribution in [2.45, 2.75) is 27.7 Å². The molecule has 0 amide bonds. The molecule has 4 heteroatoms. The molecule has 0 spiro atoms. The molecule has 0 aliphatic heterocycles.